The largest absolute Gasteiger partial charge is 0.462 e. The van der Waals surface area contributed by atoms with Gasteiger partial charge in [0, 0.05) is 19.5 Å². The number of hydrogen-bond donors (Lipinski definition) is 1. The van der Waals surface area contributed by atoms with Crippen molar-refractivity contribution in [2.75, 3.05) is 18.5 Å². The van der Waals surface area contributed by atoms with E-state index in [9.17, 15) is 9.59 Å². The van der Waals surface area contributed by atoms with Crippen molar-refractivity contribution >= 4 is 28.5 Å². The van der Waals surface area contributed by atoms with E-state index in [1.54, 1.807) is 24.7 Å². The number of fused-ring (bicyclic) bond motifs is 1. The monoisotopic (exact) mass is 318 g/mol. The highest BCUT2D eigenvalue weighted by atomic mass is 16.5. The van der Waals surface area contributed by atoms with E-state index >= 15 is 0 Å². The Bertz CT molecular complexity index is 736. The first-order valence-electron chi connectivity index (χ1n) is 7.76. The summed E-state index contributed by atoms with van der Waals surface area (Å²) in [5, 5.41) is 8.24. The molecule has 0 atom stereocenters. The van der Waals surface area contributed by atoms with Gasteiger partial charge in [-0.2, -0.15) is 5.10 Å². The fourth-order valence-corrected chi connectivity index (χ4v) is 2.44. The fraction of sp³-hybridized carbons (Fsp3) is 0.500. The molecule has 7 nitrogen and oxygen atoms in total. The van der Waals surface area contributed by atoms with Gasteiger partial charge in [-0.05, 0) is 27.7 Å². The molecule has 2 heterocycles. The van der Waals surface area contributed by atoms with Crippen LogP contribution in [-0.4, -0.2) is 39.7 Å². The number of Topliss-reactive ketones (excluding diaryl/α,β-unsaturated/α-hetero) is 1. The minimum Gasteiger partial charge on any atom is -0.462 e. The van der Waals surface area contributed by atoms with Gasteiger partial charge < -0.3 is 10.1 Å². The third-order valence-corrected chi connectivity index (χ3v) is 3.52. The highest BCUT2D eigenvalue weighted by molar-refractivity contribution is 6.05. The minimum atomic E-state index is -0.422. The number of carbonyl (C=O) groups excluding carboxylic acids is 2. The number of carbonyl (C=O) groups is 2. The van der Waals surface area contributed by atoms with Crippen LogP contribution in [0.25, 0.3) is 11.0 Å². The van der Waals surface area contributed by atoms with Crippen LogP contribution in [0.2, 0.25) is 0 Å². The van der Waals surface area contributed by atoms with Crippen molar-refractivity contribution in [3.8, 4) is 0 Å². The smallest absolute Gasteiger partial charge is 0.342 e. The molecule has 2 rings (SSSR count). The number of aromatic nitrogens is 3. The van der Waals surface area contributed by atoms with Gasteiger partial charge in [0.05, 0.1) is 29.6 Å². The van der Waals surface area contributed by atoms with Crippen LogP contribution < -0.4 is 5.32 Å². The van der Waals surface area contributed by atoms with E-state index < -0.39 is 5.97 Å². The van der Waals surface area contributed by atoms with Crippen molar-refractivity contribution < 1.29 is 14.3 Å². The molecule has 0 bridgehead atoms. The maximum absolute atomic E-state index is 12.3. The summed E-state index contributed by atoms with van der Waals surface area (Å²) in [5.74, 6) is -0.338. The summed E-state index contributed by atoms with van der Waals surface area (Å²) in [7, 11) is 0. The maximum Gasteiger partial charge on any atom is 0.342 e. The first kappa shape index (κ1) is 16.9. The Morgan fingerprint density at radius 1 is 1.35 bits per heavy atom. The zero-order chi connectivity index (χ0) is 17.0. The zero-order valence-corrected chi connectivity index (χ0v) is 14.0. The van der Waals surface area contributed by atoms with E-state index in [1.165, 1.54) is 6.92 Å². The number of nitrogens with one attached hydrogen (secondary N) is 1. The predicted octanol–water partition coefficient (Wildman–Crippen LogP) is 2.33. The highest BCUT2D eigenvalue weighted by Gasteiger charge is 2.22. The van der Waals surface area contributed by atoms with Crippen molar-refractivity contribution in [3.05, 3.63) is 17.5 Å². The average Bonchev–Trinajstić information content (AvgIpc) is 2.89. The maximum atomic E-state index is 12.3. The molecule has 0 spiro atoms. The van der Waals surface area contributed by atoms with Crippen LogP contribution >= 0.6 is 0 Å². The molecule has 0 fully saturated rings. The second-order valence-corrected chi connectivity index (χ2v) is 5.24. The van der Waals surface area contributed by atoms with Gasteiger partial charge in [-0.3, -0.25) is 4.79 Å². The van der Waals surface area contributed by atoms with Gasteiger partial charge in [-0.25, -0.2) is 14.5 Å². The van der Waals surface area contributed by atoms with Crippen molar-refractivity contribution in [2.45, 2.75) is 40.7 Å². The zero-order valence-electron chi connectivity index (χ0n) is 14.0. The number of aryl methyl sites for hydroxylation is 2. The number of rotatable bonds is 7. The van der Waals surface area contributed by atoms with Gasteiger partial charge in [-0.1, -0.05) is 0 Å². The molecule has 0 aliphatic rings. The molecule has 0 radical (unpaired) electrons. The average molecular weight is 318 g/mol. The lowest BCUT2D eigenvalue weighted by Crippen LogP contribution is -2.15. The number of pyridine rings is 1. The fourth-order valence-electron chi connectivity index (χ4n) is 2.44. The molecule has 0 saturated carbocycles. The molecule has 0 saturated heterocycles. The topological polar surface area (TPSA) is 86.1 Å². The summed E-state index contributed by atoms with van der Waals surface area (Å²) in [5.41, 5.74) is 2.32. The van der Waals surface area contributed by atoms with Crippen LogP contribution in [0.15, 0.2) is 6.20 Å². The number of ether oxygens (including phenoxy) is 1. The van der Waals surface area contributed by atoms with Crippen molar-refractivity contribution in [1.29, 1.82) is 0 Å². The summed E-state index contributed by atoms with van der Waals surface area (Å²) in [4.78, 5) is 28.0. The number of ketones is 1. The van der Waals surface area contributed by atoms with Crippen molar-refractivity contribution in [1.82, 2.24) is 14.8 Å². The molecule has 2 aromatic rings. The van der Waals surface area contributed by atoms with Crippen LogP contribution in [0.3, 0.4) is 0 Å². The van der Waals surface area contributed by atoms with E-state index in [-0.39, 0.29) is 12.4 Å². The van der Waals surface area contributed by atoms with Crippen molar-refractivity contribution in [3.63, 3.8) is 0 Å². The molecule has 0 aromatic carbocycles. The van der Waals surface area contributed by atoms with Gasteiger partial charge in [0.15, 0.2) is 5.65 Å². The van der Waals surface area contributed by atoms with E-state index in [2.05, 4.69) is 15.4 Å². The molecule has 7 heteroatoms. The Labute approximate surface area is 135 Å². The Morgan fingerprint density at radius 3 is 2.70 bits per heavy atom. The molecule has 0 aliphatic heterocycles. The number of nitrogens with zero attached hydrogens (tertiary/aromatic N) is 3. The molecular weight excluding hydrogens is 296 g/mol. The number of esters is 1. The number of anilines is 1. The Balaban J connectivity index is 2.55. The second kappa shape index (κ2) is 7.21. The molecule has 0 aliphatic carbocycles. The van der Waals surface area contributed by atoms with Crippen molar-refractivity contribution in [2.24, 2.45) is 0 Å². The van der Waals surface area contributed by atoms with E-state index in [4.69, 9.17) is 4.74 Å². The Kier molecular flexibility index (Phi) is 5.31. The SMILES string of the molecule is CCOC(=O)c1c(C)nc2c(cnn2CC)c1NCCC(C)=O. The molecule has 0 unspecified atom stereocenters. The summed E-state index contributed by atoms with van der Waals surface area (Å²) in [6, 6.07) is 0. The van der Waals surface area contributed by atoms with E-state index in [0.717, 1.165) is 5.39 Å². The summed E-state index contributed by atoms with van der Waals surface area (Å²) in [6.07, 6.45) is 2.07. The Morgan fingerprint density at radius 2 is 2.09 bits per heavy atom. The van der Waals surface area contributed by atoms with Gasteiger partial charge in [0.2, 0.25) is 0 Å². The first-order chi connectivity index (χ1) is 11.0. The molecule has 1 N–H and O–H groups in total. The lowest BCUT2D eigenvalue weighted by molar-refractivity contribution is -0.116. The predicted molar refractivity (Wildman–Crippen MR) is 87.7 cm³/mol. The quantitative estimate of drug-likeness (QED) is 0.789. The number of hydrogen-bond acceptors (Lipinski definition) is 6. The summed E-state index contributed by atoms with van der Waals surface area (Å²) < 4.78 is 6.92. The van der Waals surface area contributed by atoms with Crippen LogP contribution in [0.1, 0.15) is 43.2 Å². The van der Waals surface area contributed by atoms with Gasteiger partial charge in [-0.15, -0.1) is 0 Å². The lowest BCUT2D eigenvalue weighted by atomic mass is 10.1. The second-order valence-electron chi connectivity index (χ2n) is 5.24. The third-order valence-electron chi connectivity index (χ3n) is 3.52. The molecule has 124 valence electrons. The van der Waals surface area contributed by atoms with E-state index in [1.807, 2.05) is 6.92 Å². The van der Waals surface area contributed by atoms with Gasteiger partial charge in [0.1, 0.15) is 11.3 Å². The summed E-state index contributed by atoms with van der Waals surface area (Å²) >= 11 is 0. The minimum absolute atomic E-state index is 0.0847. The highest BCUT2D eigenvalue weighted by Crippen LogP contribution is 2.29. The molecule has 2 aromatic heterocycles. The van der Waals surface area contributed by atoms with Crippen LogP contribution in [0.5, 0.6) is 0 Å². The third kappa shape index (κ3) is 3.49. The van der Waals surface area contributed by atoms with Crippen LogP contribution in [0, 0.1) is 6.92 Å². The van der Waals surface area contributed by atoms with Gasteiger partial charge >= 0.3 is 5.97 Å². The first-order valence-corrected chi connectivity index (χ1v) is 7.76. The molecule has 0 amide bonds. The van der Waals surface area contributed by atoms with Gasteiger partial charge in [0.25, 0.3) is 0 Å². The van der Waals surface area contributed by atoms with Crippen LogP contribution in [0.4, 0.5) is 5.69 Å². The lowest BCUT2D eigenvalue weighted by Gasteiger charge is -2.14. The molecular formula is C16H22N4O3. The normalized spacial score (nSPS) is 10.8. The van der Waals surface area contributed by atoms with E-state index in [0.29, 0.717) is 42.1 Å². The Hall–Kier alpha value is -2.44. The standard InChI is InChI=1S/C16H22N4O3/c1-5-20-15-12(9-18-20)14(17-8-7-10(3)21)13(11(4)19-15)16(22)23-6-2/h9H,5-8H2,1-4H3,(H,17,19). The molecule has 23 heavy (non-hydrogen) atoms. The van der Waals surface area contributed by atoms with Crippen LogP contribution in [-0.2, 0) is 16.1 Å². The summed E-state index contributed by atoms with van der Waals surface area (Å²) in [6.45, 7) is 8.46.